The van der Waals surface area contributed by atoms with Crippen LogP contribution in [0, 0.1) is 13.8 Å². The summed E-state index contributed by atoms with van der Waals surface area (Å²) in [6.45, 7) is 4.22. The minimum atomic E-state index is 0.0484. The zero-order chi connectivity index (χ0) is 13.1. The first-order valence-corrected chi connectivity index (χ1v) is 6.99. The Balaban J connectivity index is 2.03. The van der Waals surface area contributed by atoms with Gasteiger partial charge in [-0.3, -0.25) is 0 Å². The van der Waals surface area contributed by atoms with Crippen LogP contribution in [0.4, 0.5) is 0 Å². The van der Waals surface area contributed by atoms with Crippen molar-refractivity contribution in [2.75, 3.05) is 5.75 Å². The van der Waals surface area contributed by atoms with Crippen molar-refractivity contribution < 1.29 is 0 Å². The molecular formula is C14H19N3S. The number of aromatic nitrogens is 2. The number of benzene rings is 1. The van der Waals surface area contributed by atoms with Gasteiger partial charge in [0.15, 0.2) is 5.16 Å². The molecule has 0 saturated carbocycles. The molecule has 1 unspecified atom stereocenters. The van der Waals surface area contributed by atoms with E-state index >= 15 is 0 Å². The molecule has 0 radical (unpaired) electrons. The van der Waals surface area contributed by atoms with E-state index in [-0.39, 0.29) is 6.04 Å². The van der Waals surface area contributed by atoms with Crippen molar-refractivity contribution in [3.63, 3.8) is 0 Å². The van der Waals surface area contributed by atoms with Crippen LogP contribution in [0.15, 0.2) is 35.7 Å². The molecule has 0 bridgehead atoms. The molecule has 1 atom stereocenters. The second-order valence-corrected chi connectivity index (χ2v) is 5.59. The third-order valence-electron chi connectivity index (χ3n) is 2.99. The molecule has 0 saturated heterocycles. The standard InChI is InChI=1S/C14H19N3S/c1-10-4-5-12(11(2)8-10)13(15)9-18-14-16-6-7-17(14)3/h4-8,13H,9,15H2,1-3H3. The zero-order valence-electron chi connectivity index (χ0n) is 11.1. The smallest absolute Gasteiger partial charge is 0.167 e. The van der Waals surface area contributed by atoms with Gasteiger partial charge in [0.2, 0.25) is 0 Å². The van der Waals surface area contributed by atoms with Gasteiger partial charge >= 0.3 is 0 Å². The monoisotopic (exact) mass is 261 g/mol. The Labute approximate surface area is 112 Å². The number of imidazole rings is 1. The normalized spacial score (nSPS) is 12.7. The number of thioether (sulfide) groups is 1. The summed E-state index contributed by atoms with van der Waals surface area (Å²) in [5.41, 5.74) is 10.0. The Morgan fingerprint density at radius 3 is 2.78 bits per heavy atom. The highest BCUT2D eigenvalue weighted by Crippen LogP contribution is 2.24. The summed E-state index contributed by atoms with van der Waals surface area (Å²) < 4.78 is 2.01. The van der Waals surface area contributed by atoms with Gasteiger partial charge < -0.3 is 10.3 Å². The predicted molar refractivity (Wildman–Crippen MR) is 76.8 cm³/mol. The molecule has 4 heteroatoms. The molecule has 0 aliphatic heterocycles. The molecule has 0 amide bonds. The van der Waals surface area contributed by atoms with Gasteiger partial charge in [-0.1, -0.05) is 35.5 Å². The SMILES string of the molecule is Cc1ccc(C(N)CSc2nccn2C)c(C)c1. The van der Waals surface area contributed by atoms with Crippen molar-refractivity contribution in [2.45, 2.75) is 25.0 Å². The van der Waals surface area contributed by atoms with Crippen LogP contribution in [0.1, 0.15) is 22.7 Å². The lowest BCUT2D eigenvalue weighted by Gasteiger charge is -2.14. The Hall–Kier alpha value is -1.26. The summed E-state index contributed by atoms with van der Waals surface area (Å²) in [6.07, 6.45) is 3.76. The number of nitrogens with zero attached hydrogens (tertiary/aromatic N) is 2. The van der Waals surface area contributed by atoms with Crippen molar-refractivity contribution in [2.24, 2.45) is 12.8 Å². The molecule has 0 fully saturated rings. The first kappa shape index (κ1) is 13.2. The second kappa shape index (κ2) is 5.59. The van der Waals surface area contributed by atoms with E-state index in [1.165, 1.54) is 16.7 Å². The molecule has 3 nitrogen and oxygen atoms in total. The highest BCUT2D eigenvalue weighted by atomic mass is 32.2. The number of aryl methyl sites for hydroxylation is 3. The van der Waals surface area contributed by atoms with Crippen LogP contribution in [0.5, 0.6) is 0 Å². The maximum absolute atomic E-state index is 6.25. The molecule has 2 rings (SSSR count). The first-order chi connectivity index (χ1) is 8.58. The second-order valence-electron chi connectivity index (χ2n) is 4.60. The largest absolute Gasteiger partial charge is 0.329 e. The molecule has 2 aromatic rings. The molecule has 0 spiro atoms. The summed E-state index contributed by atoms with van der Waals surface area (Å²) in [7, 11) is 2.00. The minimum Gasteiger partial charge on any atom is -0.329 e. The molecule has 0 aliphatic rings. The summed E-state index contributed by atoms with van der Waals surface area (Å²) >= 11 is 1.70. The van der Waals surface area contributed by atoms with Gasteiger partial charge in [0, 0.05) is 31.2 Å². The fourth-order valence-electron chi connectivity index (χ4n) is 1.99. The number of rotatable bonds is 4. The number of nitrogens with two attached hydrogens (primary N) is 1. The van der Waals surface area contributed by atoms with E-state index in [9.17, 15) is 0 Å². The molecule has 96 valence electrons. The Morgan fingerprint density at radius 2 is 2.17 bits per heavy atom. The van der Waals surface area contributed by atoms with Gasteiger partial charge in [0.1, 0.15) is 0 Å². The van der Waals surface area contributed by atoms with E-state index in [4.69, 9.17) is 5.73 Å². The van der Waals surface area contributed by atoms with Gasteiger partial charge in [-0.15, -0.1) is 0 Å². The van der Waals surface area contributed by atoms with E-state index in [2.05, 4.69) is 37.0 Å². The fraction of sp³-hybridized carbons (Fsp3) is 0.357. The predicted octanol–water partition coefficient (Wildman–Crippen LogP) is 2.83. The van der Waals surface area contributed by atoms with Crippen LogP contribution in [0.3, 0.4) is 0 Å². The van der Waals surface area contributed by atoms with Gasteiger partial charge in [-0.25, -0.2) is 4.98 Å². The first-order valence-electron chi connectivity index (χ1n) is 6.01. The highest BCUT2D eigenvalue weighted by Gasteiger charge is 2.11. The third kappa shape index (κ3) is 2.94. The van der Waals surface area contributed by atoms with Gasteiger partial charge in [-0.2, -0.15) is 0 Å². The lowest BCUT2D eigenvalue weighted by Crippen LogP contribution is -2.14. The van der Waals surface area contributed by atoms with Crippen molar-refractivity contribution in [1.29, 1.82) is 0 Å². The fourth-order valence-corrected chi connectivity index (χ4v) is 2.89. The van der Waals surface area contributed by atoms with Crippen LogP contribution in [0.25, 0.3) is 0 Å². The van der Waals surface area contributed by atoms with Crippen molar-refractivity contribution in [3.05, 3.63) is 47.3 Å². The van der Waals surface area contributed by atoms with Crippen LogP contribution in [-0.2, 0) is 7.05 Å². The lowest BCUT2D eigenvalue weighted by molar-refractivity contribution is 0.778. The topological polar surface area (TPSA) is 43.8 Å². The summed E-state index contributed by atoms with van der Waals surface area (Å²) in [5, 5.41) is 1.01. The molecular weight excluding hydrogens is 242 g/mol. The van der Waals surface area contributed by atoms with Gasteiger partial charge in [0.05, 0.1) is 0 Å². The third-order valence-corrected chi connectivity index (χ3v) is 4.17. The summed E-state index contributed by atoms with van der Waals surface area (Å²) in [5.74, 6) is 0.842. The molecule has 1 aromatic heterocycles. The molecule has 0 aliphatic carbocycles. The Bertz CT molecular complexity index is 534. The number of hydrogen-bond acceptors (Lipinski definition) is 3. The van der Waals surface area contributed by atoms with E-state index < -0.39 is 0 Å². The quantitative estimate of drug-likeness (QED) is 0.861. The van der Waals surface area contributed by atoms with E-state index in [1.54, 1.807) is 11.8 Å². The molecule has 2 N–H and O–H groups in total. The highest BCUT2D eigenvalue weighted by molar-refractivity contribution is 7.99. The van der Waals surface area contributed by atoms with Crippen LogP contribution in [0.2, 0.25) is 0 Å². The zero-order valence-corrected chi connectivity index (χ0v) is 11.9. The summed E-state index contributed by atoms with van der Waals surface area (Å²) in [6, 6.07) is 6.48. The van der Waals surface area contributed by atoms with Crippen molar-refractivity contribution in [1.82, 2.24) is 9.55 Å². The van der Waals surface area contributed by atoms with Crippen LogP contribution in [-0.4, -0.2) is 15.3 Å². The van der Waals surface area contributed by atoms with Crippen LogP contribution >= 0.6 is 11.8 Å². The van der Waals surface area contributed by atoms with Crippen molar-refractivity contribution in [3.8, 4) is 0 Å². The van der Waals surface area contributed by atoms with E-state index in [1.807, 2.05) is 24.0 Å². The van der Waals surface area contributed by atoms with E-state index in [0.29, 0.717) is 0 Å². The maximum Gasteiger partial charge on any atom is 0.167 e. The average molecular weight is 261 g/mol. The molecule has 1 heterocycles. The van der Waals surface area contributed by atoms with Gasteiger partial charge in [0.25, 0.3) is 0 Å². The molecule has 1 aromatic carbocycles. The maximum atomic E-state index is 6.25. The number of hydrogen-bond donors (Lipinski definition) is 1. The van der Waals surface area contributed by atoms with Gasteiger partial charge in [-0.05, 0) is 25.0 Å². The van der Waals surface area contributed by atoms with Crippen molar-refractivity contribution >= 4 is 11.8 Å². The Morgan fingerprint density at radius 1 is 1.39 bits per heavy atom. The Kier molecular flexibility index (Phi) is 4.09. The summed E-state index contributed by atoms with van der Waals surface area (Å²) in [4.78, 5) is 4.29. The average Bonchev–Trinajstić information content (AvgIpc) is 2.72. The minimum absolute atomic E-state index is 0.0484. The lowest BCUT2D eigenvalue weighted by atomic mass is 10.0. The van der Waals surface area contributed by atoms with E-state index in [0.717, 1.165) is 10.9 Å². The van der Waals surface area contributed by atoms with Crippen LogP contribution < -0.4 is 5.73 Å². The molecule has 18 heavy (non-hydrogen) atoms.